The van der Waals surface area contributed by atoms with Crippen molar-refractivity contribution in [2.75, 3.05) is 43.4 Å². The zero-order valence-corrected chi connectivity index (χ0v) is 15.3. The van der Waals surface area contributed by atoms with Crippen LogP contribution in [-0.2, 0) is 0 Å². The molecular formula is C19H25N5O. The summed E-state index contributed by atoms with van der Waals surface area (Å²) in [5.41, 5.74) is 4.23. The summed E-state index contributed by atoms with van der Waals surface area (Å²) >= 11 is 0. The number of nitrogens with zero attached hydrogens (tertiary/aromatic N) is 4. The highest BCUT2D eigenvalue weighted by molar-refractivity contribution is 6.03. The third-order valence-corrected chi connectivity index (χ3v) is 4.49. The number of anilines is 2. The molecule has 1 aromatic carbocycles. The minimum Gasteiger partial charge on any atom is -0.338 e. The van der Waals surface area contributed by atoms with E-state index in [4.69, 9.17) is 0 Å². The van der Waals surface area contributed by atoms with E-state index in [1.54, 1.807) is 6.07 Å². The van der Waals surface area contributed by atoms with Crippen LogP contribution in [0.4, 0.5) is 11.6 Å². The van der Waals surface area contributed by atoms with Crippen molar-refractivity contribution in [3.8, 4) is 0 Å². The van der Waals surface area contributed by atoms with Gasteiger partial charge < -0.3 is 15.1 Å². The number of benzene rings is 1. The molecule has 6 nitrogen and oxygen atoms in total. The van der Waals surface area contributed by atoms with Crippen LogP contribution in [0.25, 0.3) is 0 Å². The molecule has 1 fully saturated rings. The molecule has 0 atom stereocenters. The van der Waals surface area contributed by atoms with Crippen LogP contribution in [0, 0.1) is 20.8 Å². The molecule has 2 aromatic rings. The van der Waals surface area contributed by atoms with Crippen molar-refractivity contribution in [2.24, 2.45) is 0 Å². The average Bonchev–Trinajstić information content (AvgIpc) is 2.57. The number of carbonyl (C=O) groups excluding carboxylic acids is 1. The summed E-state index contributed by atoms with van der Waals surface area (Å²) in [6.45, 7) is 9.62. The lowest BCUT2D eigenvalue weighted by Gasteiger charge is -2.32. The first-order valence-corrected chi connectivity index (χ1v) is 8.60. The average molecular weight is 339 g/mol. The normalized spacial score (nSPS) is 15.3. The van der Waals surface area contributed by atoms with Gasteiger partial charge in [0.05, 0.1) is 0 Å². The molecule has 2 heterocycles. The minimum absolute atomic E-state index is 0.201. The van der Waals surface area contributed by atoms with Crippen LogP contribution >= 0.6 is 0 Å². The number of piperazine rings is 1. The molecule has 132 valence electrons. The summed E-state index contributed by atoms with van der Waals surface area (Å²) < 4.78 is 0. The molecule has 0 radical (unpaired) electrons. The van der Waals surface area contributed by atoms with Crippen molar-refractivity contribution in [2.45, 2.75) is 20.8 Å². The SMILES string of the molecule is Cc1ccc(NC(=O)c2cc(C)nc(N3CCN(C)CC3)n2)c(C)c1. The van der Waals surface area contributed by atoms with E-state index in [0.29, 0.717) is 11.6 Å². The van der Waals surface area contributed by atoms with Crippen LogP contribution in [0.1, 0.15) is 27.3 Å². The van der Waals surface area contributed by atoms with Gasteiger partial charge in [0.2, 0.25) is 5.95 Å². The number of aromatic nitrogens is 2. The molecule has 1 N–H and O–H groups in total. The van der Waals surface area contributed by atoms with E-state index in [-0.39, 0.29) is 5.91 Å². The fraction of sp³-hybridized carbons (Fsp3) is 0.421. The molecule has 6 heteroatoms. The molecule has 0 bridgehead atoms. The number of nitrogens with one attached hydrogen (secondary N) is 1. The standard InChI is InChI=1S/C19H25N5O/c1-13-5-6-16(14(2)11-13)21-18(25)17-12-15(3)20-19(22-17)24-9-7-23(4)8-10-24/h5-6,11-12H,7-10H2,1-4H3,(H,21,25). The van der Waals surface area contributed by atoms with Gasteiger partial charge in [-0.05, 0) is 45.5 Å². The van der Waals surface area contributed by atoms with Crippen molar-refractivity contribution in [3.63, 3.8) is 0 Å². The topological polar surface area (TPSA) is 61.4 Å². The lowest BCUT2D eigenvalue weighted by molar-refractivity contribution is 0.102. The number of aryl methyl sites for hydroxylation is 3. The number of hydrogen-bond acceptors (Lipinski definition) is 5. The van der Waals surface area contributed by atoms with Gasteiger partial charge in [0, 0.05) is 37.6 Å². The molecule has 25 heavy (non-hydrogen) atoms. The Morgan fingerprint density at radius 2 is 1.76 bits per heavy atom. The smallest absolute Gasteiger partial charge is 0.274 e. The highest BCUT2D eigenvalue weighted by Gasteiger charge is 2.19. The van der Waals surface area contributed by atoms with Gasteiger partial charge in [0.1, 0.15) is 5.69 Å². The lowest BCUT2D eigenvalue weighted by Crippen LogP contribution is -2.45. The highest BCUT2D eigenvalue weighted by Crippen LogP contribution is 2.18. The van der Waals surface area contributed by atoms with Gasteiger partial charge >= 0.3 is 0 Å². The Morgan fingerprint density at radius 1 is 1.04 bits per heavy atom. The first-order valence-electron chi connectivity index (χ1n) is 8.60. The van der Waals surface area contributed by atoms with E-state index >= 15 is 0 Å². The second kappa shape index (κ2) is 7.19. The molecule has 1 aliphatic rings. The fourth-order valence-electron chi connectivity index (χ4n) is 2.96. The van der Waals surface area contributed by atoms with Crippen LogP contribution in [0.3, 0.4) is 0 Å². The summed E-state index contributed by atoms with van der Waals surface area (Å²) in [5.74, 6) is 0.437. The Bertz CT molecular complexity index is 781. The van der Waals surface area contributed by atoms with E-state index in [1.165, 1.54) is 5.56 Å². The first kappa shape index (κ1) is 17.4. The lowest BCUT2D eigenvalue weighted by atomic mass is 10.1. The van der Waals surface area contributed by atoms with Crippen LogP contribution in [0.2, 0.25) is 0 Å². The summed E-state index contributed by atoms with van der Waals surface area (Å²) in [6.07, 6.45) is 0. The van der Waals surface area contributed by atoms with Crippen LogP contribution in [0.15, 0.2) is 24.3 Å². The third kappa shape index (κ3) is 4.14. The number of likely N-dealkylation sites (N-methyl/N-ethyl adjacent to an activating group) is 1. The first-order chi connectivity index (χ1) is 11.9. The van der Waals surface area contributed by atoms with Gasteiger partial charge in [-0.1, -0.05) is 17.7 Å². The molecule has 0 unspecified atom stereocenters. The third-order valence-electron chi connectivity index (χ3n) is 4.49. The second-order valence-electron chi connectivity index (χ2n) is 6.76. The van der Waals surface area contributed by atoms with Crippen molar-refractivity contribution in [1.82, 2.24) is 14.9 Å². The van der Waals surface area contributed by atoms with Gasteiger partial charge in [-0.3, -0.25) is 4.79 Å². The molecule has 0 saturated carbocycles. The Kier molecular flexibility index (Phi) is 4.99. The maximum atomic E-state index is 12.7. The van der Waals surface area contributed by atoms with E-state index < -0.39 is 0 Å². The Labute approximate surface area is 148 Å². The van der Waals surface area contributed by atoms with Crippen LogP contribution in [-0.4, -0.2) is 54.0 Å². The van der Waals surface area contributed by atoms with E-state index in [2.05, 4.69) is 38.2 Å². The maximum Gasteiger partial charge on any atom is 0.274 e. The van der Waals surface area contributed by atoms with Crippen LogP contribution in [0.5, 0.6) is 0 Å². The largest absolute Gasteiger partial charge is 0.338 e. The molecule has 0 aliphatic carbocycles. The monoisotopic (exact) mass is 339 g/mol. The fourth-order valence-corrected chi connectivity index (χ4v) is 2.96. The van der Waals surface area contributed by atoms with Crippen molar-refractivity contribution >= 4 is 17.5 Å². The predicted octanol–water partition coefficient (Wildman–Crippen LogP) is 2.41. The number of carbonyl (C=O) groups is 1. The Balaban J connectivity index is 1.80. The van der Waals surface area contributed by atoms with Crippen molar-refractivity contribution in [3.05, 3.63) is 46.8 Å². The van der Waals surface area contributed by atoms with E-state index in [0.717, 1.165) is 43.1 Å². The summed E-state index contributed by atoms with van der Waals surface area (Å²) in [7, 11) is 2.11. The Hall–Kier alpha value is -2.47. The van der Waals surface area contributed by atoms with Gasteiger partial charge in [0.25, 0.3) is 5.91 Å². The van der Waals surface area contributed by atoms with Gasteiger partial charge in [-0.15, -0.1) is 0 Å². The maximum absolute atomic E-state index is 12.7. The molecular weight excluding hydrogens is 314 g/mol. The second-order valence-corrected chi connectivity index (χ2v) is 6.76. The summed E-state index contributed by atoms with van der Waals surface area (Å²) in [4.78, 5) is 26.1. The number of hydrogen-bond donors (Lipinski definition) is 1. The molecule has 1 aromatic heterocycles. The number of rotatable bonds is 3. The quantitative estimate of drug-likeness (QED) is 0.930. The molecule has 3 rings (SSSR count). The Morgan fingerprint density at radius 3 is 2.44 bits per heavy atom. The molecule has 1 aliphatic heterocycles. The molecule has 1 amide bonds. The van der Waals surface area contributed by atoms with Gasteiger partial charge in [-0.25, -0.2) is 9.97 Å². The van der Waals surface area contributed by atoms with Crippen LogP contribution < -0.4 is 10.2 Å². The van der Waals surface area contributed by atoms with Crippen molar-refractivity contribution in [1.29, 1.82) is 0 Å². The number of amides is 1. The summed E-state index contributed by atoms with van der Waals surface area (Å²) in [5, 5.41) is 2.96. The zero-order valence-electron chi connectivity index (χ0n) is 15.3. The highest BCUT2D eigenvalue weighted by atomic mass is 16.1. The summed E-state index contributed by atoms with van der Waals surface area (Å²) in [6, 6.07) is 7.70. The zero-order chi connectivity index (χ0) is 18.0. The minimum atomic E-state index is -0.201. The van der Waals surface area contributed by atoms with Gasteiger partial charge in [-0.2, -0.15) is 0 Å². The van der Waals surface area contributed by atoms with Crippen molar-refractivity contribution < 1.29 is 4.79 Å². The van der Waals surface area contributed by atoms with E-state index in [9.17, 15) is 4.79 Å². The predicted molar refractivity (Wildman–Crippen MR) is 100 cm³/mol. The van der Waals surface area contributed by atoms with E-state index in [1.807, 2.05) is 32.9 Å². The molecule has 0 spiro atoms. The molecule has 1 saturated heterocycles. The van der Waals surface area contributed by atoms with Gasteiger partial charge in [0.15, 0.2) is 0 Å².